The molecule has 0 bridgehead atoms. The predicted molar refractivity (Wildman–Crippen MR) is 119 cm³/mol. The van der Waals surface area contributed by atoms with Gasteiger partial charge < -0.3 is 4.57 Å². The van der Waals surface area contributed by atoms with Crippen LogP contribution in [0.5, 0.6) is 0 Å². The summed E-state index contributed by atoms with van der Waals surface area (Å²) in [7, 11) is 1.95. The molecule has 2 aromatic rings. The first-order valence-corrected chi connectivity index (χ1v) is 9.37. The van der Waals surface area contributed by atoms with Gasteiger partial charge in [0.15, 0.2) is 11.7 Å². The van der Waals surface area contributed by atoms with Crippen LogP contribution in [0.3, 0.4) is 0 Å². The molecule has 0 atom stereocenters. The zero-order chi connectivity index (χ0) is 18.8. The van der Waals surface area contributed by atoms with Gasteiger partial charge >= 0.3 is 0 Å². The molecule has 0 N–H and O–H groups in total. The van der Waals surface area contributed by atoms with E-state index in [-0.39, 0.29) is 0 Å². The van der Waals surface area contributed by atoms with Crippen molar-refractivity contribution in [2.45, 2.75) is 19.8 Å². The van der Waals surface area contributed by atoms with E-state index in [2.05, 4.69) is 49.1 Å². The number of aliphatic imine (C=N–C) groups is 3. The van der Waals surface area contributed by atoms with Crippen molar-refractivity contribution in [3.63, 3.8) is 0 Å². The fraction of sp³-hybridized carbons (Fsp3) is 0.200. The number of hydrogen-bond acceptors (Lipinski definition) is 3. The zero-order valence-corrected chi connectivity index (χ0v) is 17.2. The summed E-state index contributed by atoms with van der Waals surface area (Å²) in [5.41, 5.74) is 1.62. The van der Waals surface area contributed by atoms with E-state index in [0.717, 1.165) is 22.1 Å². The van der Waals surface area contributed by atoms with Crippen LogP contribution in [0, 0.1) is 3.70 Å². The second-order valence-electron chi connectivity index (χ2n) is 5.39. The highest BCUT2D eigenvalue weighted by Crippen LogP contribution is 2.16. The Hall–Kier alpha value is -2.35. The first-order chi connectivity index (χ1) is 12.6. The molecule has 6 heteroatoms. The number of benzene rings is 1. The van der Waals surface area contributed by atoms with Gasteiger partial charge in [-0.2, -0.15) is 0 Å². The fourth-order valence-corrected chi connectivity index (χ4v) is 2.47. The molecular weight excluding hydrogens is 437 g/mol. The van der Waals surface area contributed by atoms with Crippen molar-refractivity contribution in [3.8, 4) is 0 Å². The average Bonchev–Trinajstić information content (AvgIpc) is 2.99. The predicted octanol–water partition coefficient (Wildman–Crippen LogP) is 4.90. The largest absolute Gasteiger partial charge is 0.320 e. The van der Waals surface area contributed by atoms with Gasteiger partial charge in [-0.3, -0.25) is 4.99 Å². The molecule has 0 aliphatic rings. The standard InChI is InChI=1S/C20H22IN5/c1-4-22-13-9-6-10-14-23-19(20-24-15-18(21)26(20)3)25-16(2)17-11-7-5-8-12-17/h4-5,7-9,11-15H,2,6,10H2,1,3H3/b13-9-,22-4-,23-14+,25-19+. The topological polar surface area (TPSA) is 54.9 Å². The third kappa shape index (κ3) is 5.87. The highest BCUT2D eigenvalue weighted by Gasteiger charge is 2.11. The van der Waals surface area contributed by atoms with E-state index in [9.17, 15) is 0 Å². The van der Waals surface area contributed by atoms with Crippen LogP contribution < -0.4 is 0 Å². The van der Waals surface area contributed by atoms with Gasteiger partial charge in [0, 0.05) is 25.7 Å². The maximum Gasteiger partial charge on any atom is 0.196 e. The monoisotopic (exact) mass is 459 g/mol. The summed E-state index contributed by atoms with van der Waals surface area (Å²) in [5, 5.41) is 0. The van der Waals surface area contributed by atoms with Crippen LogP contribution in [-0.4, -0.2) is 27.8 Å². The third-order valence-corrected chi connectivity index (χ3v) is 4.50. The van der Waals surface area contributed by atoms with Crippen molar-refractivity contribution >= 4 is 46.6 Å². The first-order valence-electron chi connectivity index (χ1n) is 8.29. The van der Waals surface area contributed by atoms with E-state index in [1.54, 1.807) is 18.6 Å². The summed E-state index contributed by atoms with van der Waals surface area (Å²) in [6.07, 6.45) is 10.9. The van der Waals surface area contributed by atoms with Gasteiger partial charge in [-0.25, -0.2) is 15.0 Å². The number of unbranched alkanes of at least 4 members (excludes halogenated alkanes) is 1. The van der Waals surface area contributed by atoms with E-state index < -0.39 is 0 Å². The molecule has 0 unspecified atom stereocenters. The molecule has 0 spiro atoms. The summed E-state index contributed by atoms with van der Waals surface area (Å²) in [6, 6.07) is 9.86. The van der Waals surface area contributed by atoms with Gasteiger partial charge in [0.1, 0.15) is 0 Å². The molecule has 134 valence electrons. The molecule has 0 amide bonds. The molecule has 1 aromatic carbocycles. The van der Waals surface area contributed by atoms with Crippen LogP contribution >= 0.6 is 22.6 Å². The highest BCUT2D eigenvalue weighted by molar-refractivity contribution is 14.1. The summed E-state index contributed by atoms with van der Waals surface area (Å²) < 4.78 is 2.98. The average molecular weight is 459 g/mol. The minimum absolute atomic E-state index is 0.555. The molecule has 5 nitrogen and oxygen atoms in total. The highest BCUT2D eigenvalue weighted by atomic mass is 127. The number of hydrogen-bond donors (Lipinski definition) is 0. The van der Waals surface area contributed by atoms with Gasteiger partial charge in [-0.05, 0) is 47.9 Å². The van der Waals surface area contributed by atoms with Crippen LogP contribution in [0.25, 0.3) is 5.70 Å². The lowest BCUT2D eigenvalue weighted by Gasteiger charge is -2.05. The Morgan fingerprint density at radius 3 is 2.69 bits per heavy atom. The van der Waals surface area contributed by atoms with E-state index >= 15 is 0 Å². The van der Waals surface area contributed by atoms with Crippen LogP contribution in [0.2, 0.25) is 0 Å². The Balaban J connectivity index is 2.21. The molecule has 0 saturated heterocycles. The van der Waals surface area contributed by atoms with E-state index in [1.165, 1.54) is 0 Å². The SMILES string of the molecule is C=C(/N=C(/N=C/CC/C=C\N=C/C)c1ncc(I)n1C)c1ccccc1. The van der Waals surface area contributed by atoms with Crippen molar-refractivity contribution in [1.82, 2.24) is 9.55 Å². The Morgan fingerprint density at radius 1 is 1.27 bits per heavy atom. The Kier molecular flexibility index (Phi) is 8.14. The fourth-order valence-electron chi connectivity index (χ4n) is 2.10. The number of halogens is 1. The van der Waals surface area contributed by atoms with Crippen LogP contribution in [0.1, 0.15) is 31.2 Å². The van der Waals surface area contributed by atoms with E-state index in [1.807, 2.05) is 61.2 Å². The maximum atomic E-state index is 4.63. The Bertz CT molecular complexity index is 844. The van der Waals surface area contributed by atoms with Gasteiger partial charge in [-0.1, -0.05) is 43.0 Å². The van der Waals surface area contributed by atoms with Crippen LogP contribution in [0.15, 0.2) is 70.4 Å². The molecule has 0 radical (unpaired) electrons. The van der Waals surface area contributed by atoms with E-state index in [0.29, 0.717) is 17.4 Å². The van der Waals surface area contributed by atoms with Crippen molar-refractivity contribution < 1.29 is 0 Å². The second-order valence-corrected chi connectivity index (χ2v) is 6.50. The second kappa shape index (κ2) is 10.6. The Morgan fingerprint density at radius 2 is 2.04 bits per heavy atom. The van der Waals surface area contributed by atoms with Gasteiger partial charge in [0.2, 0.25) is 0 Å². The lowest BCUT2D eigenvalue weighted by Crippen LogP contribution is -2.08. The van der Waals surface area contributed by atoms with Crippen molar-refractivity contribution in [3.05, 3.63) is 70.5 Å². The smallest absolute Gasteiger partial charge is 0.196 e. The number of nitrogens with zero attached hydrogens (tertiary/aromatic N) is 5. The van der Waals surface area contributed by atoms with Crippen molar-refractivity contribution in [2.75, 3.05) is 0 Å². The summed E-state index contributed by atoms with van der Waals surface area (Å²) in [5.74, 6) is 1.27. The van der Waals surface area contributed by atoms with Gasteiger partial charge in [0.05, 0.1) is 15.6 Å². The molecule has 0 saturated carbocycles. The molecule has 2 rings (SSSR count). The molecule has 0 fully saturated rings. The molecular formula is C20H22IN5. The lowest BCUT2D eigenvalue weighted by atomic mass is 10.2. The Labute approximate surface area is 168 Å². The third-order valence-electron chi connectivity index (χ3n) is 3.50. The van der Waals surface area contributed by atoms with Gasteiger partial charge in [-0.15, -0.1) is 0 Å². The molecule has 26 heavy (non-hydrogen) atoms. The van der Waals surface area contributed by atoms with Crippen LogP contribution in [-0.2, 0) is 7.05 Å². The first kappa shape index (κ1) is 20.0. The molecule has 1 aromatic heterocycles. The number of imidazole rings is 1. The molecule has 0 aliphatic carbocycles. The minimum Gasteiger partial charge on any atom is -0.320 e. The lowest BCUT2D eigenvalue weighted by molar-refractivity contribution is 0.871. The number of allylic oxidation sites excluding steroid dienone is 1. The summed E-state index contributed by atoms with van der Waals surface area (Å²) >= 11 is 2.24. The number of aromatic nitrogens is 2. The van der Waals surface area contributed by atoms with Crippen LogP contribution in [0.4, 0.5) is 0 Å². The van der Waals surface area contributed by atoms with Gasteiger partial charge in [0.25, 0.3) is 0 Å². The molecule has 0 aliphatic heterocycles. The summed E-state index contributed by atoms with van der Waals surface area (Å²) in [4.78, 5) is 17.7. The normalized spacial score (nSPS) is 12.7. The van der Waals surface area contributed by atoms with E-state index in [4.69, 9.17) is 0 Å². The minimum atomic E-state index is 0.555. The number of rotatable bonds is 7. The number of amidine groups is 1. The quantitative estimate of drug-likeness (QED) is 0.252. The summed E-state index contributed by atoms with van der Waals surface area (Å²) in [6.45, 7) is 5.97. The van der Waals surface area contributed by atoms with Crippen molar-refractivity contribution in [1.29, 1.82) is 0 Å². The zero-order valence-electron chi connectivity index (χ0n) is 15.0. The maximum absolute atomic E-state index is 4.63. The van der Waals surface area contributed by atoms with Crippen molar-refractivity contribution in [2.24, 2.45) is 22.0 Å². The molecule has 1 heterocycles.